The lowest BCUT2D eigenvalue weighted by Crippen LogP contribution is -2.43. The van der Waals surface area contributed by atoms with Gasteiger partial charge < -0.3 is 4.52 Å². The zero-order chi connectivity index (χ0) is 16.4. The highest BCUT2D eigenvalue weighted by Gasteiger charge is 2.36. The van der Waals surface area contributed by atoms with Gasteiger partial charge in [0.2, 0.25) is 0 Å². The molecule has 0 aromatic carbocycles. The normalized spacial score (nSPS) is 19.5. The molecular formula is C14H19N5O3S. The molecule has 1 aliphatic rings. The van der Waals surface area contributed by atoms with E-state index in [9.17, 15) is 8.42 Å². The topological polar surface area (TPSA) is 92.4 Å². The molecular weight excluding hydrogens is 318 g/mol. The van der Waals surface area contributed by atoms with Gasteiger partial charge in [0.05, 0.1) is 5.56 Å². The summed E-state index contributed by atoms with van der Waals surface area (Å²) >= 11 is 0. The van der Waals surface area contributed by atoms with E-state index in [4.69, 9.17) is 4.52 Å². The SMILES string of the molecule is CN(C)S(=O)(=O)N1CCCC1Cc1noc(-c2cccnc2)n1. The lowest BCUT2D eigenvalue weighted by molar-refractivity contribution is 0.346. The predicted octanol–water partition coefficient (Wildman–Crippen LogP) is 0.945. The van der Waals surface area contributed by atoms with E-state index in [0.29, 0.717) is 24.7 Å². The quantitative estimate of drug-likeness (QED) is 0.806. The molecule has 0 bridgehead atoms. The van der Waals surface area contributed by atoms with Gasteiger partial charge in [0, 0.05) is 45.5 Å². The van der Waals surface area contributed by atoms with Gasteiger partial charge in [0.25, 0.3) is 16.1 Å². The summed E-state index contributed by atoms with van der Waals surface area (Å²) in [5.41, 5.74) is 0.746. The molecule has 2 aromatic heterocycles. The van der Waals surface area contributed by atoms with Crippen LogP contribution in [0.3, 0.4) is 0 Å². The van der Waals surface area contributed by atoms with Crippen molar-refractivity contribution < 1.29 is 12.9 Å². The number of hydrogen-bond donors (Lipinski definition) is 0. The molecule has 23 heavy (non-hydrogen) atoms. The molecule has 1 saturated heterocycles. The average Bonchev–Trinajstić information content (AvgIpc) is 3.18. The molecule has 1 fully saturated rings. The van der Waals surface area contributed by atoms with E-state index in [1.165, 1.54) is 8.61 Å². The highest BCUT2D eigenvalue weighted by atomic mass is 32.2. The van der Waals surface area contributed by atoms with Crippen molar-refractivity contribution in [3.63, 3.8) is 0 Å². The predicted molar refractivity (Wildman–Crippen MR) is 83.6 cm³/mol. The number of hydrogen-bond acceptors (Lipinski definition) is 6. The van der Waals surface area contributed by atoms with Gasteiger partial charge in [0.15, 0.2) is 5.82 Å². The Balaban J connectivity index is 1.76. The van der Waals surface area contributed by atoms with Gasteiger partial charge in [-0.3, -0.25) is 4.98 Å². The second-order valence-electron chi connectivity index (χ2n) is 5.66. The van der Waals surface area contributed by atoms with Crippen molar-refractivity contribution in [1.82, 2.24) is 23.7 Å². The molecule has 0 N–H and O–H groups in total. The lowest BCUT2D eigenvalue weighted by Gasteiger charge is -2.26. The van der Waals surface area contributed by atoms with Gasteiger partial charge in [-0.15, -0.1) is 0 Å². The summed E-state index contributed by atoms with van der Waals surface area (Å²) in [4.78, 5) is 8.37. The fourth-order valence-corrected chi connectivity index (χ4v) is 4.02. The molecule has 0 saturated carbocycles. The van der Waals surface area contributed by atoms with Crippen LogP contribution in [0.5, 0.6) is 0 Å². The first-order valence-electron chi connectivity index (χ1n) is 7.41. The van der Waals surface area contributed by atoms with Crippen molar-refractivity contribution in [2.24, 2.45) is 0 Å². The van der Waals surface area contributed by atoms with Crippen LogP contribution in [0, 0.1) is 0 Å². The van der Waals surface area contributed by atoms with Crippen LogP contribution >= 0.6 is 0 Å². The van der Waals surface area contributed by atoms with E-state index in [0.717, 1.165) is 18.4 Å². The molecule has 3 rings (SSSR count). The Morgan fingerprint density at radius 2 is 2.26 bits per heavy atom. The van der Waals surface area contributed by atoms with E-state index in [1.54, 1.807) is 32.6 Å². The second-order valence-corrected chi connectivity index (χ2v) is 7.75. The number of rotatable bonds is 5. The Hall–Kier alpha value is -1.84. The van der Waals surface area contributed by atoms with E-state index in [-0.39, 0.29) is 6.04 Å². The summed E-state index contributed by atoms with van der Waals surface area (Å²) in [7, 11) is -0.338. The summed E-state index contributed by atoms with van der Waals surface area (Å²) in [5, 5.41) is 3.97. The van der Waals surface area contributed by atoms with Crippen LogP contribution in [-0.2, 0) is 16.6 Å². The van der Waals surface area contributed by atoms with E-state index < -0.39 is 10.2 Å². The molecule has 2 aromatic rings. The monoisotopic (exact) mass is 337 g/mol. The van der Waals surface area contributed by atoms with Gasteiger partial charge in [-0.05, 0) is 25.0 Å². The summed E-state index contributed by atoms with van der Waals surface area (Å²) in [6.45, 7) is 0.526. The van der Waals surface area contributed by atoms with Crippen LogP contribution in [0.4, 0.5) is 0 Å². The summed E-state index contributed by atoms with van der Waals surface area (Å²) in [5.74, 6) is 0.905. The van der Waals surface area contributed by atoms with Crippen LogP contribution in [-0.4, -0.2) is 58.8 Å². The maximum absolute atomic E-state index is 12.3. The first kappa shape index (κ1) is 16.0. The summed E-state index contributed by atoms with van der Waals surface area (Å²) in [6, 6.07) is 3.49. The van der Waals surface area contributed by atoms with E-state index >= 15 is 0 Å². The van der Waals surface area contributed by atoms with Crippen molar-refractivity contribution in [2.45, 2.75) is 25.3 Å². The molecule has 1 unspecified atom stereocenters. The average molecular weight is 337 g/mol. The van der Waals surface area contributed by atoms with E-state index in [1.807, 2.05) is 6.07 Å². The minimum Gasteiger partial charge on any atom is -0.334 e. The van der Waals surface area contributed by atoms with Gasteiger partial charge >= 0.3 is 0 Å². The van der Waals surface area contributed by atoms with Crippen molar-refractivity contribution in [3.05, 3.63) is 30.4 Å². The third kappa shape index (κ3) is 3.26. The second kappa shape index (κ2) is 6.34. The number of aromatic nitrogens is 3. The lowest BCUT2D eigenvalue weighted by atomic mass is 10.1. The Morgan fingerprint density at radius 1 is 1.43 bits per heavy atom. The molecule has 0 amide bonds. The van der Waals surface area contributed by atoms with Crippen LogP contribution in [0.15, 0.2) is 29.0 Å². The maximum Gasteiger partial charge on any atom is 0.281 e. The fraction of sp³-hybridized carbons (Fsp3) is 0.500. The van der Waals surface area contributed by atoms with Gasteiger partial charge in [-0.25, -0.2) is 0 Å². The molecule has 1 aliphatic heterocycles. The summed E-state index contributed by atoms with van der Waals surface area (Å²) < 4.78 is 32.7. The number of nitrogens with zero attached hydrogens (tertiary/aromatic N) is 5. The molecule has 0 aliphatic carbocycles. The molecule has 0 radical (unpaired) electrons. The third-order valence-corrected chi connectivity index (χ3v) is 5.87. The maximum atomic E-state index is 12.3. The smallest absolute Gasteiger partial charge is 0.281 e. The molecule has 0 spiro atoms. The Morgan fingerprint density at radius 3 is 2.96 bits per heavy atom. The van der Waals surface area contributed by atoms with Gasteiger partial charge in [-0.1, -0.05) is 5.16 Å². The molecule has 3 heterocycles. The van der Waals surface area contributed by atoms with Crippen LogP contribution in [0.25, 0.3) is 11.5 Å². The van der Waals surface area contributed by atoms with E-state index in [2.05, 4.69) is 15.1 Å². The first-order valence-corrected chi connectivity index (χ1v) is 8.80. The first-order chi connectivity index (χ1) is 11.0. The highest BCUT2D eigenvalue weighted by Crippen LogP contribution is 2.25. The van der Waals surface area contributed by atoms with Crippen molar-refractivity contribution in [1.29, 1.82) is 0 Å². The Labute approximate surface area is 135 Å². The standard InChI is InChI=1S/C14H19N5O3S/c1-18(2)23(20,21)19-8-4-6-12(19)9-13-16-14(22-17-13)11-5-3-7-15-10-11/h3,5,7,10,12H,4,6,8-9H2,1-2H3. The highest BCUT2D eigenvalue weighted by molar-refractivity contribution is 7.86. The molecule has 124 valence electrons. The minimum atomic E-state index is -3.42. The zero-order valence-corrected chi connectivity index (χ0v) is 13.9. The number of pyridine rings is 1. The van der Waals surface area contributed by atoms with Gasteiger partial charge in [0.1, 0.15) is 0 Å². The van der Waals surface area contributed by atoms with Gasteiger partial charge in [-0.2, -0.15) is 22.0 Å². The zero-order valence-electron chi connectivity index (χ0n) is 13.1. The van der Waals surface area contributed by atoms with Crippen LogP contribution in [0.1, 0.15) is 18.7 Å². The van der Waals surface area contributed by atoms with Crippen molar-refractivity contribution >= 4 is 10.2 Å². The van der Waals surface area contributed by atoms with Crippen molar-refractivity contribution in [3.8, 4) is 11.5 Å². The molecule has 1 atom stereocenters. The largest absolute Gasteiger partial charge is 0.334 e. The summed E-state index contributed by atoms with van der Waals surface area (Å²) in [6.07, 6.45) is 5.39. The Kier molecular flexibility index (Phi) is 4.42. The van der Waals surface area contributed by atoms with Crippen molar-refractivity contribution in [2.75, 3.05) is 20.6 Å². The Bertz CT molecular complexity index is 760. The molecule has 9 heteroatoms. The van der Waals surface area contributed by atoms with Crippen LogP contribution in [0.2, 0.25) is 0 Å². The molecule has 8 nitrogen and oxygen atoms in total. The third-order valence-electron chi connectivity index (χ3n) is 3.88. The minimum absolute atomic E-state index is 0.137. The van der Waals surface area contributed by atoms with Crippen LogP contribution < -0.4 is 0 Å². The fourth-order valence-electron chi connectivity index (χ4n) is 2.68.